The number of nitrogens with zero attached hydrogens (tertiary/aromatic N) is 1. The zero-order valence-corrected chi connectivity index (χ0v) is 30.4. The number of aliphatic hydroxyl groups is 1. The van der Waals surface area contributed by atoms with E-state index >= 15 is 0 Å². The lowest BCUT2D eigenvalue weighted by molar-refractivity contribution is -0.134. The van der Waals surface area contributed by atoms with Gasteiger partial charge in [-0.2, -0.15) is 0 Å². The standard InChI is InChI=1S/C36H51ClN3O8P/c1-4-47-49(45,48-5-2)35(43)32(23-29-19-20-40(34(29)42)25(3)28-16-10-7-11-17-28)38-33(41)31(22-26-13-8-6-9-14-26)39-36(44)46-24-27-15-12-18-30(37)21-27/h7,10-12,15-18,21,25-26,29,31-32,35,43H,4-6,8-9,13-14,19-20,22-24H2,1-3H3,(H,38,41)(H,39,44). The number of amides is 3. The van der Waals surface area contributed by atoms with Gasteiger partial charge in [0.15, 0.2) is 5.85 Å². The van der Waals surface area contributed by atoms with E-state index in [4.69, 9.17) is 25.4 Å². The Kier molecular flexibility index (Phi) is 15.0. The summed E-state index contributed by atoms with van der Waals surface area (Å²) in [6.45, 7) is 5.69. The van der Waals surface area contributed by atoms with E-state index < -0.39 is 43.4 Å². The van der Waals surface area contributed by atoms with Crippen LogP contribution in [0.1, 0.15) is 89.3 Å². The summed E-state index contributed by atoms with van der Waals surface area (Å²) in [5.41, 5.74) is 1.69. The molecular formula is C36H51ClN3O8P. The number of hydrogen-bond donors (Lipinski definition) is 3. The average Bonchev–Trinajstić information content (AvgIpc) is 3.46. The van der Waals surface area contributed by atoms with Crippen LogP contribution in [0.3, 0.4) is 0 Å². The van der Waals surface area contributed by atoms with E-state index in [1.54, 1.807) is 43.0 Å². The second-order valence-corrected chi connectivity index (χ2v) is 15.4. The van der Waals surface area contributed by atoms with Crippen molar-refractivity contribution in [3.05, 3.63) is 70.7 Å². The Morgan fingerprint density at radius 1 is 0.980 bits per heavy atom. The Morgan fingerprint density at radius 2 is 1.67 bits per heavy atom. The lowest BCUT2D eigenvalue weighted by Gasteiger charge is -2.33. The number of carbonyl (C=O) groups excluding carboxylic acids is 3. The van der Waals surface area contributed by atoms with Gasteiger partial charge in [-0.15, -0.1) is 0 Å². The summed E-state index contributed by atoms with van der Waals surface area (Å²) < 4.78 is 30.2. The quantitative estimate of drug-likeness (QED) is 0.149. The molecule has 0 bridgehead atoms. The molecule has 0 radical (unpaired) electrons. The highest BCUT2D eigenvalue weighted by atomic mass is 35.5. The monoisotopic (exact) mass is 719 g/mol. The van der Waals surface area contributed by atoms with Gasteiger partial charge in [-0.05, 0) is 69.2 Å². The van der Waals surface area contributed by atoms with Gasteiger partial charge in [0.2, 0.25) is 11.8 Å². The molecular weight excluding hydrogens is 669 g/mol. The van der Waals surface area contributed by atoms with Gasteiger partial charge < -0.3 is 34.4 Å². The maximum Gasteiger partial charge on any atom is 0.408 e. The molecule has 2 aliphatic rings. The summed E-state index contributed by atoms with van der Waals surface area (Å²) in [6, 6.07) is 14.3. The summed E-state index contributed by atoms with van der Waals surface area (Å²) in [4.78, 5) is 42.6. The van der Waals surface area contributed by atoms with Crippen molar-refractivity contribution >= 4 is 37.1 Å². The fourth-order valence-corrected chi connectivity index (χ4v) is 8.79. The van der Waals surface area contributed by atoms with Crippen molar-refractivity contribution in [1.29, 1.82) is 0 Å². The molecule has 1 saturated carbocycles. The molecule has 2 aromatic rings. The summed E-state index contributed by atoms with van der Waals surface area (Å²) >= 11 is 6.07. The molecule has 1 aliphatic heterocycles. The number of halogens is 1. The smallest absolute Gasteiger partial charge is 0.408 e. The molecule has 5 atom stereocenters. The van der Waals surface area contributed by atoms with E-state index in [1.807, 2.05) is 37.3 Å². The Labute approximate surface area is 294 Å². The molecule has 3 N–H and O–H groups in total. The number of benzene rings is 2. The molecule has 2 fully saturated rings. The normalized spacial score (nSPS) is 19.6. The minimum absolute atomic E-state index is 0.00322. The fourth-order valence-electron chi connectivity index (χ4n) is 6.84. The average molecular weight is 720 g/mol. The molecule has 13 heteroatoms. The second-order valence-electron chi connectivity index (χ2n) is 12.9. The van der Waals surface area contributed by atoms with E-state index in [-0.39, 0.29) is 44.1 Å². The SMILES string of the molecule is CCOP(=O)(OCC)C(O)C(CC1CCN(C(C)c2ccccc2)C1=O)NC(=O)C(CC1CCCCC1)NC(=O)OCc1cccc(Cl)c1. The molecule has 0 spiro atoms. The van der Waals surface area contributed by atoms with E-state index in [0.717, 1.165) is 37.7 Å². The van der Waals surface area contributed by atoms with Crippen molar-refractivity contribution < 1.29 is 37.8 Å². The van der Waals surface area contributed by atoms with Gasteiger partial charge in [-0.25, -0.2) is 4.79 Å². The molecule has 11 nitrogen and oxygen atoms in total. The third-order valence-electron chi connectivity index (χ3n) is 9.43. The number of aliphatic hydroxyl groups excluding tert-OH is 1. The topological polar surface area (TPSA) is 144 Å². The molecule has 1 aliphatic carbocycles. The highest BCUT2D eigenvalue weighted by Crippen LogP contribution is 2.54. The number of alkyl carbamates (subject to hydrolysis) is 1. The predicted molar refractivity (Wildman–Crippen MR) is 188 cm³/mol. The van der Waals surface area contributed by atoms with Gasteiger partial charge in [0.1, 0.15) is 12.6 Å². The maximum absolute atomic E-state index is 14.1. The number of nitrogens with one attached hydrogen (secondary N) is 2. The van der Waals surface area contributed by atoms with E-state index in [1.165, 1.54) is 0 Å². The van der Waals surface area contributed by atoms with Crippen LogP contribution in [0, 0.1) is 11.8 Å². The first kappa shape index (κ1) is 38.8. The summed E-state index contributed by atoms with van der Waals surface area (Å²) in [6.07, 6.45) is 5.11. The lowest BCUT2D eigenvalue weighted by Crippen LogP contribution is -2.54. The minimum atomic E-state index is -4.13. The Bertz CT molecular complexity index is 1420. The van der Waals surface area contributed by atoms with E-state index in [0.29, 0.717) is 30.0 Å². The van der Waals surface area contributed by atoms with E-state index in [2.05, 4.69) is 10.6 Å². The Hall–Kier alpha value is -2.95. The van der Waals surface area contributed by atoms with Crippen LogP contribution in [-0.4, -0.2) is 65.6 Å². The maximum atomic E-state index is 14.1. The largest absolute Gasteiger partial charge is 0.445 e. The third-order valence-corrected chi connectivity index (χ3v) is 11.9. The van der Waals surface area contributed by atoms with Gasteiger partial charge in [0.25, 0.3) is 0 Å². The lowest BCUT2D eigenvalue weighted by atomic mass is 9.84. The first-order valence-electron chi connectivity index (χ1n) is 17.4. The van der Waals surface area contributed by atoms with Crippen LogP contribution in [0.2, 0.25) is 5.02 Å². The van der Waals surface area contributed by atoms with Gasteiger partial charge in [-0.1, -0.05) is 86.2 Å². The Morgan fingerprint density at radius 3 is 2.33 bits per heavy atom. The van der Waals surface area contributed by atoms with Crippen LogP contribution in [0.15, 0.2) is 54.6 Å². The van der Waals surface area contributed by atoms with Gasteiger partial charge >= 0.3 is 13.7 Å². The molecule has 270 valence electrons. The fraction of sp³-hybridized carbons (Fsp3) is 0.583. The third kappa shape index (κ3) is 11.0. The van der Waals surface area contributed by atoms with Crippen LogP contribution >= 0.6 is 19.2 Å². The molecule has 1 saturated heterocycles. The van der Waals surface area contributed by atoms with Crippen LogP contribution in [-0.2, 0) is 34.5 Å². The molecule has 5 unspecified atom stereocenters. The summed E-state index contributed by atoms with van der Waals surface area (Å²) in [5.74, 6) is -2.81. The Balaban J connectivity index is 1.53. The molecule has 4 rings (SSSR count). The van der Waals surface area contributed by atoms with Crippen LogP contribution in [0.25, 0.3) is 0 Å². The zero-order chi connectivity index (χ0) is 35.4. The van der Waals surface area contributed by atoms with E-state index in [9.17, 15) is 24.1 Å². The molecule has 49 heavy (non-hydrogen) atoms. The zero-order valence-electron chi connectivity index (χ0n) is 28.7. The minimum Gasteiger partial charge on any atom is -0.445 e. The number of hydrogen-bond acceptors (Lipinski definition) is 8. The van der Waals surface area contributed by atoms with Crippen LogP contribution in [0.4, 0.5) is 4.79 Å². The first-order valence-corrected chi connectivity index (χ1v) is 19.4. The van der Waals surface area contributed by atoms with Crippen molar-refractivity contribution in [2.45, 2.75) is 103 Å². The van der Waals surface area contributed by atoms with Crippen molar-refractivity contribution in [2.24, 2.45) is 11.8 Å². The van der Waals surface area contributed by atoms with Gasteiger partial charge in [-0.3, -0.25) is 14.2 Å². The van der Waals surface area contributed by atoms with Crippen LogP contribution in [0.5, 0.6) is 0 Å². The highest BCUT2D eigenvalue weighted by Gasteiger charge is 2.45. The number of rotatable bonds is 17. The van der Waals surface area contributed by atoms with Gasteiger partial charge in [0, 0.05) is 17.5 Å². The molecule has 3 amide bonds. The van der Waals surface area contributed by atoms with Gasteiger partial charge in [0.05, 0.1) is 25.3 Å². The number of likely N-dealkylation sites (tertiary alicyclic amines) is 1. The first-order chi connectivity index (χ1) is 23.5. The van der Waals surface area contributed by atoms with Crippen molar-refractivity contribution in [3.63, 3.8) is 0 Å². The van der Waals surface area contributed by atoms with Crippen molar-refractivity contribution in [3.8, 4) is 0 Å². The predicted octanol–water partition coefficient (Wildman–Crippen LogP) is 6.97. The molecule has 2 aromatic carbocycles. The molecule has 0 aromatic heterocycles. The highest BCUT2D eigenvalue weighted by molar-refractivity contribution is 7.54. The second kappa shape index (κ2) is 18.9. The number of carbonyl (C=O) groups is 3. The van der Waals surface area contributed by atoms with Crippen molar-refractivity contribution in [2.75, 3.05) is 19.8 Å². The summed E-state index contributed by atoms with van der Waals surface area (Å²) in [7, 11) is -4.13. The van der Waals surface area contributed by atoms with Crippen molar-refractivity contribution in [1.82, 2.24) is 15.5 Å². The summed E-state index contributed by atoms with van der Waals surface area (Å²) in [5, 5.41) is 17.7. The van der Waals surface area contributed by atoms with Crippen LogP contribution < -0.4 is 10.6 Å². The number of ether oxygens (including phenoxy) is 1. The molecule has 1 heterocycles.